The fraction of sp³-hybridized carbons (Fsp3) is 0.217. The molecule has 0 aromatic carbocycles. The Kier molecular flexibility index (Phi) is 8.63. The maximum atomic E-state index is 13.0. The zero-order valence-corrected chi connectivity index (χ0v) is 21.7. The van der Waals surface area contributed by atoms with Crippen LogP contribution in [-0.2, 0) is 19.2 Å². The van der Waals surface area contributed by atoms with Crippen molar-refractivity contribution in [2.75, 3.05) is 23.8 Å². The third-order valence-electron chi connectivity index (χ3n) is 5.16. The fourth-order valence-electron chi connectivity index (χ4n) is 3.51. The number of anilines is 1. The van der Waals surface area contributed by atoms with Gasteiger partial charge in [-0.2, -0.15) is 0 Å². The van der Waals surface area contributed by atoms with Crippen molar-refractivity contribution in [2.45, 2.75) is 11.4 Å². The summed E-state index contributed by atoms with van der Waals surface area (Å²) in [4.78, 5) is 52.5. The minimum Gasteiger partial charge on any atom is -0.477 e. The lowest BCUT2D eigenvalue weighted by molar-refractivity contribution is -0.150. The second-order valence-electron chi connectivity index (χ2n) is 7.61. The molecule has 2 amide bonds. The first-order valence-electron chi connectivity index (χ1n) is 10.8. The molecule has 0 spiro atoms. The highest BCUT2D eigenvalue weighted by Gasteiger charge is 2.54. The Morgan fingerprint density at radius 1 is 1.46 bits per heavy atom. The predicted octanol–water partition coefficient (Wildman–Crippen LogP) is 2.17. The smallest absolute Gasteiger partial charge is 0.352 e. The monoisotopic (exact) mass is 558 g/mol. The lowest BCUT2D eigenvalue weighted by atomic mass is 10.0. The molecule has 1 saturated heterocycles. The van der Waals surface area contributed by atoms with Crippen molar-refractivity contribution in [3.8, 4) is 0 Å². The van der Waals surface area contributed by atoms with Crippen LogP contribution in [0.5, 0.6) is 0 Å². The maximum Gasteiger partial charge on any atom is 0.352 e. The predicted molar refractivity (Wildman–Crippen MR) is 145 cm³/mol. The van der Waals surface area contributed by atoms with E-state index in [4.69, 9.17) is 10.6 Å². The normalized spacial score (nSPS) is 19.4. The van der Waals surface area contributed by atoms with Crippen LogP contribution < -0.4 is 11.1 Å². The van der Waals surface area contributed by atoms with Gasteiger partial charge in [-0.3, -0.25) is 19.5 Å². The quantitative estimate of drug-likeness (QED) is 0.123. The number of fused-ring (bicyclic) bond motifs is 1. The van der Waals surface area contributed by atoms with Gasteiger partial charge in [0.25, 0.3) is 11.8 Å². The fourth-order valence-corrected chi connectivity index (χ4v) is 6.32. The van der Waals surface area contributed by atoms with E-state index in [-0.39, 0.29) is 28.8 Å². The minimum absolute atomic E-state index is 0.0444. The number of nitrogens with zero attached hydrogens (tertiary/aromatic N) is 4. The summed E-state index contributed by atoms with van der Waals surface area (Å²) in [6.07, 6.45) is 6.75. The van der Waals surface area contributed by atoms with Gasteiger partial charge in [-0.1, -0.05) is 23.9 Å². The summed E-state index contributed by atoms with van der Waals surface area (Å²) in [7, 11) is 0. The first kappa shape index (κ1) is 26.4. The molecule has 2 aliphatic heterocycles. The molecule has 14 heteroatoms. The number of hydrogen-bond acceptors (Lipinski definition) is 11. The van der Waals surface area contributed by atoms with Gasteiger partial charge in [-0.15, -0.1) is 34.9 Å². The largest absolute Gasteiger partial charge is 0.477 e. The number of thiazole rings is 1. The van der Waals surface area contributed by atoms with E-state index in [1.54, 1.807) is 17.8 Å². The van der Waals surface area contributed by atoms with E-state index in [0.29, 0.717) is 17.1 Å². The van der Waals surface area contributed by atoms with Crippen LogP contribution in [0, 0.1) is 0 Å². The molecule has 0 bridgehead atoms. The lowest BCUT2D eigenvalue weighted by Gasteiger charge is -2.49. The van der Waals surface area contributed by atoms with E-state index in [2.05, 4.69) is 27.0 Å². The van der Waals surface area contributed by atoms with Crippen molar-refractivity contribution in [3.05, 3.63) is 70.5 Å². The van der Waals surface area contributed by atoms with Gasteiger partial charge in [0.2, 0.25) is 0 Å². The summed E-state index contributed by atoms with van der Waals surface area (Å²) in [5.74, 6) is -1.58. The van der Waals surface area contributed by atoms with Crippen LogP contribution >= 0.6 is 34.9 Å². The average Bonchev–Trinajstić information content (AvgIpc) is 3.33. The molecule has 0 radical (unpaired) electrons. The molecule has 192 valence electrons. The molecule has 4 heterocycles. The Bertz CT molecular complexity index is 1290. The molecular weight excluding hydrogens is 536 g/mol. The Labute approximate surface area is 224 Å². The molecule has 2 aliphatic rings. The molecule has 2 atom stereocenters. The van der Waals surface area contributed by atoms with Crippen LogP contribution in [0.25, 0.3) is 6.08 Å². The number of carbonyl (C=O) groups is 3. The summed E-state index contributed by atoms with van der Waals surface area (Å²) in [5.41, 5.74) is 7.25. The number of aromatic nitrogens is 2. The van der Waals surface area contributed by atoms with Crippen LogP contribution in [0.4, 0.5) is 5.13 Å². The second kappa shape index (κ2) is 12.1. The Morgan fingerprint density at radius 3 is 2.97 bits per heavy atom. The molecule has 1 unspecified atom stereocenters. The number of carboxylic acids is 1. The molecular formula is C23H22N6O5S3. The van der Waals surface area contributed by atoms with Gasteiger partial charge in [-0.05, 0) is 28.7 Å². The molecule has 4 N–H and O–H groups in total. The number of rotatable bonds is 11. The molecule has 37 heavy (non-hydrogen) atoms. The minimum atomic E-state index is -1.19. The van der Waals surface area contributed by atoms with Crippen molar-refractivity contribution >= 4 is 69.6 Å². The Balaban J connectivity index is 1.45. The Morgan fingerprint density at radius 2 is 2.30 bits per heavy atom. The van der Waals surface area contributed by atoms with Crippen molar-refractivity contribution in [1.29, 1.82) is 0 Å². The zero-order valence-electron chi connectivity index (χ0n) is 19.3. The number of thioether (sulfide) groups is 2. The molecule has 4 rings (SSSR count). The third-order valence-corrected chi connectivity index (χ3v) is 8.02. The summed E-state index contributed by atoms with van der Waals surface area (Å²) in [5, 5.41) is 19.4. The molecule has 1 fully saturated rings. The van der Waals surface area contributed by atoms with Gasteiger partial charge in [0.15, 0.2) is 10.8 Å². The highest BCUT2D eigenvalue weighted by Crippen LogP contribution is 2.41. The number of amides is 2. The van der Waals surface area contributed by atoms with Crippen LogP contribution in [0.2, 0.25) is 0 Å². The van der Waals surface area contributed by atoms with Gasteiger partial charge in [0.1, 0.15) is 29.4 Å². The van der Waals surface area contributed by atoms with Gasteiger partial charge in [0.05, 0.1) is 0 Å². The molecule has 0 aliphatic carbocycles. The topological polar surface area (TPSA) is 160 Å². The van der Waals surface area contributed by atoms with E-state index in [9.17, 15) is 19.5 Å². The first-order valence-corrected chi connectivity index (χ1v) is 13.8. The summed E-state index contributed by atoms with van der Waals surface area (Å²) in [6.45, 7) is 3.59. The SMILES string of the molecule is C=CCO/N=C(/C(=O)NC1C(=O)N2C(C(=O)O)=C(CS/C=C\c3cccnc3)CS[C@H]12)c1csc(N)n1. The highest BCUT2D eigenvalue weighted by atomic mass is 32.2. The number of nitrogen functional groups attached to an aromatic ring is 1. The molecule has 2 aromatic heterocycles. The zero-order chi connectivity index (χ0) is 26.4. The Hall–Kier alpha value is -3.62. The highest BCUT2D eigenvalue weighted by molar-refractivity contribution is 8.02. The molecule has 0 saturated carbocycles. The lowest BCUT2D eigenvalue weighted by Crippen LogP contribution is -2.71. The van der Waals surface area contributed by atoms with Crippen LogP contribution in [0.15, 0.2) is 64.4 Å². The van der Waals surface area contributed by atoms with E-state index in [0.717, 1.165) is 16.9 Å². The van der Waals surface area contributed by atoms with E-state index < -0.39 is 29.2 Å². The number of aliphatic carboxylic acids is 1. The number of hydrogen-bond donors (Lipinski definition) is 3. The maximum absolute atomic E-state index is 13.0. The van der Waals surface area contributed by atoms with Crippen LogP contribution in [0.1, 0.15) is 11.3 Å². The van der Waals surface area contributed by atoms with Crippen LogP contribution in [-0.4, -0.2) is 73.0 Å². The van der Waals surface area contributed by atoms with Gasteiger partial charge in [0, 0.05) is 29.3 Å². The summed E-state index contributed by atoms with van der Waals surface area (Å²) >= 11 is 3.94. The number of nitrogens with two attached hydrogens (primary N) is 1. The third kappa shape index (κ3) is 6.03. The number of carboxylic acid groups (broad SMARTS) is 1. The number of nitrogens with one attached hydrogen (secondary N) is 1. The number of β-lactam (4-membered cyclic amide) rings is 1. The van der Waals surface area contributed by atoms with E-state index >= 15 is 0 Å². The van der Waals surface area contributed by atoms with Crippen molar-refractivity contribution in [2.24, 2.45) is 5.16 Å². The van der Waals surface area contributed by atoms with Crippen molar-refractivity contribution in [1.82, 2.24) is 20.2 Å². The van der Waals surface area contributed by atoms with E-state index in [1.165, 1.54) is 34.5 Å². The second-order valence-corrected chi connectivity index (χ2v) is 10.5. The summed E-state index contributed by atoms with van der Waals surface area (Å²) < 4.78 is 0. The van der Waals surface area contributed by atoms with Crippen molar-refractivity contribution in [3.63, 3.8) is 0 Å². The average molecular weight is 559 g/mol. The number of carbonyl (C=O) groups excluding carboxylic acids is 2. The summed E-state index contributed by atoms with van der Waals surface area (Å²) in [6, 6.07) is 2.81. The van der Waals surface area contributed by atoms with Crippen LogP contribution in [0.3, 0.4) is 0 Å². The number of oxime groups is 1. The van der Waals surface area contributed by atoms with Crippen molar-refractivity contribution < 1.29 is 24.3 Å². The standard InChI is InChI=1S/C23H22N6O5S3/c1-2-7-34-28-16(15-12-37-23(24)26-15)19(30)27-17-20(31)29-18(22(32)33)14(11-36-21(17)29)10-35-8-5-13-4-3-6-25-9-13/h2-6,8-9,12,17,21H,1,7,10-11H2,(H2,24,26)(H,27,30)(H,32,33)/b8-5-,28-16+/t17?,21-/m1/s1. The molecule has 2 aromatic rings. The van der Waals surface area contributed by atoms with E-state index in [1.807, 2.05) is 23.6 Å². The van der Waals surface area contributed by atoms with Gasteiger partial charge >= 0.3 is 5.97 Å². The molecule has 11 nitrogen and oxygen atoms in total. The van der Waals surface area contributed by atoms with Gasteiger partial charge in [-0.25, -0.2) is 9.78 Å². The van der Waals surface area contributed by atoms with Gasteiger partial charge < -0.3 is 21.0 Å². The first-order chi connectivity index (χ1) is 17.9. The number of pyridine rings is 1.